The Labute approximate surface area is 148 Å². The Balaban J connectivity index is 1.63. The van der Waals surface area contributed by atoms with Crippen molar-refractivity contribution in [2.24, 2.45) is 5.73 Å². The molecule has 0 unspecified atom stereocenters. The number of rotatable bonds is 4. The molecule has 3 heterocycles. The highest BCUT2D eigenvalue weighted by atomic mass is 19.3. The minimum atomic E-state index is -2.70. The molecule has 0 radical (unpaired) electrons. The Morgan fingerprint density at radius 1 is 1.27 bits per heavy atom. The van der Waals surface area contributed by atoms with Crippen LogP contribution in [-0.4, -0.2) is 32.7 Å². The van der Waals surface area contributed by atoms with E-state index in [-0.39, 0.29) is 19.4 Å². The van der Waals surface area contributed by atoms with Gasteiger partial charge in [0.1, 0.15) is 18.2 Å². The smallest absolute Gasteiger partial charge is 0.251 e. The molecule has 8 heteroatoms. The first-order valence-corrected chi connectivity index (χ1v) is 8.25. The van der Waals surface area contributed by atoms with Crippen molar-refractivity contribution in [3.05, 3.63) is 42.4 Å². The van der Waals surface area contributed by atoms with E-state index in [4.69, 9.17) is 16.2 Å². The van der Waals surface area contributed by atoms with Crippen molar-refractivity contribution in [3.63, 3.8) is 0 Å². The van der Waals surface area contributed by atoms with Gasteiger partial charge in [-0.3, -0.25) is 4.98 Å². The van der Waals surface area contributed by atoms with Crippen LogP contribution in [0.3, 0.4) is 0 Å². The molecule has 3 aromatic heterocycles. The number of alkyl halides is 2. The third-order valence-corrected chi connectivity index (χ3v) is 4.53. The highest BCUT2D eigenvalue weighted by Gasteiger charge is 2.54. The van der Waals surface area contributed by atoms with Crippen molar-refractivity contribution < 1.29 is 13.5 Å². The summed E-state index contributed by atoms with van der Waals surface area (Å²) in [5.74, 6) is -1.76. The largest absolute Gasteiger partial charge is 0.489 e. The van der Waals surface area contributed by atoms with Gasteiger partial charge in [0.15, 0.2) is 0 Å². The number of nitrogens with zero attached hydrogens (tertiary/aromatic N) is 3. The van der Waals surface area contributed by atoms with E-state index in [0.29, 0.717) is 11.6 Å². The number of nitrogens with two attached hydrogens (primary N) is 2. The molecule has 0 atom stereocenters. The molecule has 0 saturated heterocycles. The molecule has 4 N–H and O–H groups in total. The summed E-state index contributed by atoms with van der Waals surface area (Å²) in [6.45, 7) is 1.89. The van der Waals surface area contributed by atoms with Crippen molar-refractivity contribution in [1.82, 2.24) is 14.6 Å². The van der Waals surface area contributed by atoms with Gasteiger partial charge in [0.2, 0.25) is 0 Å². The molecule has 26 heavy (non-hydrogen) atoms. The molecule has 1 aliphatic rings. The Morgan fingerprint density at radius 2 is 2.04 bits per heavy atom. The summed E-state index contributed by atoms with van der Waals surface area (Å²) in [5.41, 5.74) is 14.1. The fourth-order valence-electron chi connectivity index (χ4n) is 3.37. The van der Waals surface area contributed by atoms with E-state index in [9.17, 15) is 8.78 Å². The second kappa shape index (κ2) is 5.63. The van der Waals surface area contributed by atoms with E-state index in [1.54, 1.807) is 23.0 Å². The monoisotopic (exact) mass is 359 g/mol. The Bertz CT molecular complexity index is 977. The van der Waals surface area contributed by atoms with Crippen LogP contribution in [0.4, 0.5) is 14.6 Å². The molecule has 1 aliphatic carbocycles. The van der Waals surface area contributed by atoms with Gasteiger partial charge in [-0.2, -0.15) is 5.10 Å². The number of anilines is 1. The quantitative estimate of drug-likeness (QED) is 0.747. The van der Waals surface area contributed by atoms with Crippen LogP contribution in [0.15, 0.2) is 36.7 Å². The van der Waals surface area contributed by atoms with E-state index in [1.807, 2.05) is 25.1 Å². The highest BCUT2D eigenvalue weighted by molar-refractivity contribution is 5.74. The lowest BCUT2D eigenvalue weighted by Gasteiger charge is -2.43. The van der Waals surface area contributed by atoms with Crippen molar-refractivity contribution in [2.75, 3.05) is 12.3 Å². The predicted octanol–water partition coefficient (Wildman–Crippen LogP) is 2.79. The van der Waals surface area contributed by atoms with Gasteiger partial charge < -0.3 is 16.2 Å². The maximum Gasteiger partial charge on any atom is 0.251 e. The number of aryl methyl sites for hydroxylation is 1. The third-order valence-electron chi connectivity index (χ3n) is 4.53. The fraction of sp³-hybridized carbons (Fsp3) is 0.333. The zero-order valence-corrected chi connectivity index (χ0v) is 14.2. The molecule has 0 bridgehead atoms. The number of halogens is 2. The molecule has 136 valence electrons. The maximum atomic E-state index is 13.1. The number of ether oxygens (including phenoxy) is 1. The van der Waals surface area contributed by atoms with E-state index in [1.165, 1.54) is 0 Å². The summed E-state index contributed by atoms with van der Waals surface area (Å²) in [5, 5.41) is 4.15. The highest BCUT2D eigenvalue weighted by Crippen LogP contribution is 2.44. The van der Waals surface area contributed by atoms with Crippen molar-refractivity contribution in [2.45, 2.75) is 31.2 Å². The molecule has 3 aromatic rings. The number of aromatic nitrogens is 3. The van der Waals surface area contributed by atoms with Gasteiger partial charge >= 0.3 is 0 Å². The van der Waals surface area contributed by atoms with E-state index < -0.39 is 11.5 Å². The van der Waals surface area contributed by atoms with Crippen LogP contribution in [0.1, 0.15) is 18.5 Å². The molecule has 1 saturated carbocycles. The first-order valence-electron chi connectivity index (χ1n) is 8.25. The van der Waals surface area contributed by atoms with Crippen molar-refractivity contribution >= 4 is 11.3 Å². The van der Waals surface area contributed by atoms with Crippen LogP contribution in [0.2, 0.25) is 0 Å². The maximum absolute atomic E-state index is 13.1. The van der Waals surface area contributed by atoms with E-state index in [0.717, 1.165) is 22.3 Å². The lowest BCUT2D eigenvalue weighted by molar-refractivity contribution is -0.131. The first kappa shape index (κ1) is 16.7. The number of pyridine rings is 2. The average molecular weight is 359 g/mol. The Morgan fingerprint density at radius 3 is 2.77 bits per heavy atom. The summed E-state index contributed by atoms with van der Waals surface area (Å²) < 4.78 is 33.8. The number of fused-ring (bicyclic) bond motifs is 1. The number of hydrogen-bond donors (Lipinski definition) is 2. The Kier molecular flexibility index (Phi) is 3.62. The topological polar surface area (TPSA) is 91.5 Å². The van der Waals surface area contributed by atoms with Crippen molar-refractivity contribution in [3.8, 4) is 16.9 Å². The average Bonchev–Trinajstić information content (AvgIpc) is 2.90. The number of hydrogen-bond acceptors (Lipinski definition) is 5. The van der Waals surface area contributed by atoms with Gasteiger partial charge in [-0.05, 0) is 30.7 Å². The summed E-state index contributed by atoms with van der Waals surface area (Å²) >= 11 is 0. The van der Waals surface area contributed by atoms with Crippen molar-refractivity contribution in [1.29, 1.82) is 0 Å². The lowest BCUT2D eigenvalue weighted by Crippen LogP contribution is -2.61. The first-order chi connectivity index (χ1) is 12.2. The summed E-state index contributed by atoms with van der Waals surface area (Å²) in [6.07, 6.45) is 2.67. The SMILES string of the molecule is Cc1cc(-c2ccn3nc(N)cc3c2)c(OCC2(N)CC(F)(F)C2)cn1. The molecular weight excluding hydrogens is 340 g/mol. The normalized spacial score (nSPS) is 17.8. The summed E-state index contributed by atoms with van der Waals surface area (Å²) in [6, 6.07) is 7.47. The molecule has 0 amide bonds. The zero-order valence-electron chi connectivity index (χ0n) is 14.2. The van der Waals surface area contributed by atoms with Gasteiger partial charge in [0, 0.05) is 36.4 Å². The number of nitrogen functional groups attached to an aromatic ring is 1. The second-order valence-corrected chi connectivity index (χ2v) is 7.04. The third kappa shape index (κ3) is 3.08. The van der Waals surface area contributed by atoms with Crippen LogP contribution < -0.4 is 16.2 Å². The van der Waals surface area contributed by atoms with Crippen LogP contribution in [0, 0.1) is 6.92 Å². The van der Waals surface area contributed by atoms with Gasteiger partial charge in [-0.1, -0.05) is 0 Å². The molecule has 0 aliphatic heterocycles. The van der Waals surface area contributed by atoms with Gasteiger partial charge in [0.05, 0.1) is 17.3 Å². The molecular formula is C18H19F2N5O. The minimum absolute atomic E-state index is 0.0161. The van der Waals surface area contributed by atoms with Gasteiger partial charge in [-0.25, -0.2) is 13.3 Å². The Hall–Kier alpha value is -2.74. The minimum Gasteiger partial charge on any atom is -0.489 e. The van der Waals surface area contributed by atoms with E-state index in [2.05, 4.69) is 10.1 Å². The lowest BCUT2D eigenvalue weighted by atomic mass is 9.75. The molecule has 6 nitrogen and oxygen atoms in total. The fourth-order valence-corrected chi connectivity index (χ4v) is 3.37. The molecule has 1 fully saturated rings. The summed E-state index contributed by atoms with van der Waals surface area (Å²) in [4.78, 5) is 4.25. The van der Waals surface area contributed by atoms with Crippen LogP contribution in [-0.2, 0) is 0 Å². The van der Waals surface area contributed by atoms with E-state index >= 15 is 0 Å². The second-order valence-electron chi connectivity index (χ2n) is 7.04. The van der Waals surface area contributed by atoms with Gasteiger partial charge in [0.25, 0.3) is 5.92 Å². The van der Waals surface area contributed by atoms with Crippen LogP contribution >= 0.6 is 0 Å². The van der Waals surface area contributed by atoms with Crippen LogP contribution in [0.5, 0.6) is 5.75 Å². The van der Waals surface area contributed by atoms with Crippen LogP contribution in [0.25, 0.3) is 16.6 Å². The van der Waals surface area contributed by atoms with Gasteiger partial charge in [-0.15, -0.1) is 0 Å². The summed E-state index contributed by atoms with van der Waals surface area (Å²) in [7, 11) is 0. The standard InChI is InChI=1S/C18H19F2N5O/c1-11-4-14(12-2-3-25-13(5-12)6-16(21)24-25)15(7-23-11)26-10-17(22)8-18(19,20)9-17/h2-7H,8-10,22H2,1H3,(H2,21,24). The molecule has 4 rings (SSSR count). The predicted molar refractivity (Wildman–Crippen MR) is 94.2 cm³/mol. The molecule has 0 aromatic carbocycles. The molecule has 0 spiro atoms. The zero-order chi connectivity index (χ0) is 18.5.